The Kier molecular flexibility index (Phi) is 9.20. The molecular formula is C22H21N6NaO7S2. The van der Waals surface area contributed by atoms with Gasteiger partial charge in [-0.1, -0.05) is 11.2 Å². The number of carbonyl (C=O) groups is 4. The average molecular weight is 569 g/mol. The van der Waals surface area contributed by atoms with Crippen LogP contribution < -0.4 is 55.4 Å². The Morgan fingerprint density at radius 1 is 1.29 bits per heavy atom. The molecule has 2 aromatic rings. The number of β-lactam (4-membered cyclic amide) rings is 1. The third-order valence-electron chi connectivity index (χ3n) is 5.51. The number of hydrogen-bond donors (Lipinski definition) is 2. The molecule has 0 saturated carbocycles. The van der Waals surface area contributed by atoms with E-state index in [4.69, 9.17) is 10.6 Å². The van der Waals surface area contributed by atoms with E-state index in [2.05, 4.69) is 15.5 Å². The standard InChI is InChI=1S/C22H22N6O7S2.Na/c1-22(2,20(33)34)35-26-13(12-10-37-21(23)24-12)16(29)25-14-17(30)28-15(19(31)32)11(9-36-18(14)28)8-27-6-4-3-5-7-27;/h3-7,10,14,18H,8-9H2,1-2H3,(H4-,23,24,25,29,31,32,33,34);/q;+1/p-1/b26-13-;/t14-,18-;/m1./s1. The number of nitrogens with zero attached hydrogens (tertiary/aromatic N) is 4. The number of nitrogens with two attached hydrogens (primary N) is 1. The summed E-state index contributed by atoms with van der Waals surface area (Å²) in [6, 6.07) is 4.34. The number of hydrogen-bond acceptors (Lipinski definition) is 12. The van der Waals surface area contributed by atoms with E-state index in [0.29, 0.717) is 11.3 Å². The van der Waals surface area contributed by atoms with Crippen LogP contribution in [-0.2, 0) is 30.6 Å². The second-order valence-electron chi connectivity index (χ2n) is 8.55. The molecular weight excluding hydrogens is 547 g/mol. The summed E-state index contributed by atoms with van der Waals surface area (Å²) < 4.78 is 1.78. The van der Waals surface area contributed by atoms with Crippen molar-refractivity contribution in [2.75, 3.05) is 11.5 Å². The zero-order chi connectivity index (χ0) is 26.9. The number of nitrogens with one attached hydrogen (secondary N) is 1. The Morgan fingerprint density at radius 2 is 1.97 bits per heavy atom. The number of aromatic nitrogens is 2. The Balaban J connectivity index is 0.00000400. The zero-order valence-electron chi connectivity index (χ0n) is 20.6. The fourth-order valence-electron chi connectivity index (χ4n) is 3.56. The van der Waals surface area contributed by atoms with Crippen molar-refractivity contribution in [1.82, 2.24) is 15.2 Å². The fraction of sp³-hybridized carbons (Fsp3) is 0.318. The van der Waals surface area contributed by atoms with Gasteiger partial charge in [-0.3, -0.25) is 14.5 Å². The SMILES string of the molecule is CC(C)(O/N=C(\C(=O)N[C@@H]1C(=O)N2C(C(=O)[O-])=C(C[n+]3ccccc3)CS[C@H]12)c1csc(N)n1)C(=O)[O-].[Na+]. The average Bonchev–Trinajstić information content (AvgIpc) is 3.28. The van der Waals surface area contributed by atoms with Crippen molar-refractivity contribution >= 4 is 57.7 Å². The van der Waals surface area contributed by atoms with Crippen molar-refractivity contribution in [2.45, 2.75) is 37.4 Å². The monoisotopic (exact) mass is 568 g/mol. The third kappa shape index (κ3) is 6.02. The summed E-state index contributed by atoms with van der Waals surface area (Å²) in [5.41, 5.74) is 3.65. The van der Waals surface area contributed by atoms with Gasteiger partial charge in [0.05, 0.1) is 17.6 Å². The van der Waals surface area contributed by atoms with E-state index in [0.717, 1.165) is 16.2 Å². The van der Waals surface area contributed by atoms with Gasteiger partial charge in [0.2, 0.25) is 0 Å². The number of thiazole rings is 1. The van der Waals surface area contributed by atoms with Gasteiger partial charge in [0.25, 0.3) is 11.8 Å². The minimum Gasteiger partial charge on any atom is -0.546 e. The van der Waals surface area contributed by atoms with Crippen LogP contribution in [0.5, 0.6) is 0 Å². The molecule has 1 saturated heterocycles. The molecule has 4 heterocycles. The normalized spacial score (nSPS) is 19.2. The number of nitrogen functional groups attached to an aromatic ring is 1. The minimum atomic E-state index is -1.86. The maximum absolute atomic E-state index is 13.1. The maximum Gasteiger partial charge on any atom is 1.00 e. The number of oxime groups is 1. The summed E-state index contributed by atoms with van der Waals surface area (Å²) in [4.78, 5) is 59.4. The predicted octanol–water partition coefficient (Wildman–Crippen LogP) is -5.63. The van der Waals surface area contributed by atoms with Gasteiger partial charge in [-0.15, -0.1) is 23.1 Å². The van der Waals surface area contributed by atoms with E-state index < -0.39 is 46.5 Å². The molecule has 4 rings (SSSR count). The van der Waals surface area contributed by atoms with E-state index in [9.17, 15) is 29.4 Å². The summed E-state index contributed by atoms with van der Waals surface area (Å²) in [5, 5.41) is 30.3. The number of pyridine rings is 1. The molecule has 0 radical (unpaired) electrons. The number of fused-ring (bicyclic) bond motifs is 1. The van der Waals surface area contributed by atoms with Gasteiger partial charge in [0.15, 0.2) is 35.4 Å². The molecule has 13 nitrogen and oxygen atoms in total. The van der Waals surface area contributed by atoms with Crippen LogP contribution in [0.3, 0.4) is 0 Å². The van der Waals surface area contributed by atoms with E-state index in [1.54, 1.807) is 29.1 Å². The predicted molar refractivity (Wildman–Crippen MR) is 127 cm³/mol. The van der Waals surface area contributed by atoms with Crippen molar-refractivity contribution < 1.29 is 68.4 Å². The first kappa shape index (κ1) is 29.6. The Bertz CT molecular complexity index is 1330. The van der Waals surface area contributed by atoms with Gasteiger partial charge in [0.1, 0.15) is 17.1 Å². The molecule has 194 valence electrons. The molecule has 2 amide bonds. The zero-order valence-corrected chi connectivity index (χ0v) is 24.2. The van der Waals surface area contributed by atoms with Gasteiger partial charge in [-0.2, -0.15) is 0 Å². The number of thioether (sulfide) groups is 1. The van der Waals surface area contributed by atoms with Gasteiger partial charge < -0.3 is 35.7 Å². The summed E-state index contributed by atoms with van der Waals surface area (Å²) in [7, 11) is 0. The molecule has 3 N–H and O–H groups in total. The van der Waals surface area contributed by atoms with E-state index in [1.165, 1.54) is 31.0 Å². The second-order valence-corrected chi connectivity index (χ2v) is 10.5. The van der Waals surface area contributed by atoms with Crippen molar-refractivity contribution in [3.63, 3.8) is 0 Å². The quantitative estimate of drug-likeness (QED) is 0.0968. The number of carbonyl (C=O) groups excluding carboxylic acids is 4. The number of anilines is 1. The molecule has 38 heavy (non-hydrogen) atoms. The van der Waals surface area contributed by atoms with Crippen LogP contribution in [0.15, 0.2) is 52.4 Å². The molecule has 0 aliphatic carbocycles. The van der Waals surface area contributed by atoms with Crippen LogP contribution in [0.1, 0.15) is 19.5 Å². The van der Waals surface area contributed by atoms with Crippen molar-refractivity contribution in [3.8, 4) is 0 Å². The Labute approximate surface area is 247 Å². The van der Waals surface area contributed by atoms with Gasteiger partial charge in [-0.05, 0) is 13.8 Å². The molecule has 0 spiro atoms. The number of amides is 2. The van der Waals surface area contributed by atoms with Crippen molar-refractivity contribution in [1.29, 1.82) is 0 Å². The molecule has 2 aliphatic rings. The largest absolute Gasteiger partial charge is 1.00 e. The van der Waals surface area contributed by atoms with Crippen molar-refractivity contribution in [3.05, 3.63) is 52.9 Å². The molecule has 1 fully saturated rings. The first-order valence-corrected chi connectivity index (χ1v) is 12.7. The van der Waals surface area contributed by atoms with E-state index in [1.807, 2.05) is 6.07 Å². The molecule has 16 heteroatoms. The first-order valence-electron chi connectivity index (χ1n) is 10.8. The number of carboxylic acids is 2. The number of carboxylic acid groups (broad SMARTS) is 2. The van der Waals surface area contributed by atoms with Crippen LogP contribution in [-0.4, -0.2) is 62.1 Å². The van der Waals surface area contributed by atoms with Crippen LogP contribution in [0.25, 0.3) is 0 Å². The number of rotatable bonds is 9. The van der Waals surface area contributed by atoms with Crippen molar-refractivity contribution in [2.24, 2.45) is 5.16 Å². The van der Waals surface area contributed by atoms with Gasteiger partial charge in [-0.25, -0.2) is 9.55 Å². The minimum absolute atomic E-state index is 0. The molecule has 2 aliphatic heterocycles. The molecule has 2 atom stereocenters. The van der Waals surface area contributed by atoms with Crippen LogP contribution in [0.2, 0.25) is 0 Å². The summed E-state index contributed by atoms with van der Waals surface area (Å²) in [6.07, 6.45) is 3.54. The summed E-state index contributed by atoms with van der Waals surface area (Å²) >= 11 is 2.30. The van der Waals surface area contributed by atoms with Gasteiger partial charge >= 0.3 is 29.6 Å². The smallest absolute Gasteiger partial charge is 0.546 e. The third-order valence-corrected chi connectivity index (χ3v) is 7.53. The number of aliphatic carboxylic acids is 2. The topological polar surface area (TPSA) is 194 Å². The van der Waals surface area contributed by atoms with Gasteiger partial charge in [0, 0.05) is 28.8 Å². The molecule has 2 aromatic heterocycles. The maximum atomic E-state index is 13.1. The van der Waals surface area contributed by atoms with Crippen LogP contribution >= 0.6 is 23.1 Å². The van der Waals surface area contributed by atoms with E-state index >= 15 is 0 Å². The summed E-state index contributed by atoms with van der Waals surface area (Å²) in [6.45, 7) is 2.61. The first-order chi connectivity index (χ1) is 17.5. The molecule has 0 unspecified atom stereocenters. The Morgan fingerprint density at radius 3 is 2.55 bits per heavy atom. The molecule has 0 aromatic carbocycles. The molecule has 0 bridgehead atoms. The van der Waals surface area contributed by atoms with Crippen LogP contribution in [0.4, 0.5) is 5.13 Å². The Hall–Kier alpha value is -2.98. The van der Waals surface area contributed by atoms with E-state index in [-0.39, 0.29) is 52.6 Å². The second kappa shape index (κ2) is 11.8. The summed E-state index contributed by atoms with van der Waals surface area (Å²) in [5.74, 6) is -4.30. The van der Waals surface area contributed by atoms with Crippen LogP contribution in [0, 0.1) is 0 Å². The fourth-order valence-corrected chi connectivity index (χ4v) is 5.44.